The van der Waals surface area contributed by atoms with Gasteiger partial charge in [0.2, 0.25) is 10.0 Å². The van der Waals surface area contributed by atoms with Crippen LogP contribution in [0.25, 0.3) is 10.1 Å². The predicted octanol–water partition coefficient (Wildman–Crippen LogP) is 4.23. The maximum absolute atomic E-state index is 13.0. The van der Waals surface area contributed by atoms with Gasteiger partial charge in [0.25, 0.3) is 5.91 Å². The Bertz CT molecular complexity index is 1220. The molecule has 3 aromatic rings. The number of carbonyl (C=O) groups is 1. The predicted molar refractivity (Wildman–Crippen MR) is 122 cm³/mol. The zero-order valence-electron chi connectivity index (χ0n) is 16.8. The number of halogens is 1. The average molecular weight is 481 g/mol. The van der Waals surface area contributed by atoms with Gasteiger partial charge in [-0.1, -0.05) is 29.8 Å². The highest BCUT2D eigenvalue weighted by Gasteiger charge is 2.28. The number of nitrogens with zero attached hydrogens (tertiary/aromatic N) is 1. The Morgan fingerprint density at radius 1 is 1.23 bits per heavy atom. The molecule has 0 unspecified atom stereocenters. The van der Waals surface area contributed by atoms with Gasteiger partial charge in [0, 0.05) is 23.2 Å². The molecule has 1 aliphatic rings. The molecule has 0 saturated carbocycles. The van der Waals surface area contributed by atoms with Gasteiger partial charge in [-0.2, -0.15) is 4.31 Å². The summed E-state index contributed by atoms with van der Waals surface area (Å²) in [5.74, 6) is -0.0397. The number of fused-ring (bicyclic) bond motifs is 1. The van der Waals surface area contributed by atoms with E-state index in [4.69, 9.17) is 21.1 Å². The van der Waals surface area contributed by atoms with E-state index >= 15 is 0 Å². The van der Waals surface area contributed by atoms with Crippen molar-refractivity contribution in [3.8, 4) is 5.75 Å². The molecule has 31 heavy (non-hydrogen) atoms. The lowest BCUT2D eigenvalue weighted by Crippen LogP contribution is -2.40. The molecule has 4 rings (SSSR count). The van der Waals surface area contributed by atoms with Crippen LogP contribution >= 0.6 is 22.9 Å². The van der Waals surface area contributed by atoms with Crippen LogP contribution < -0.4 is 10.1 Å². The van der Waals surface area contributed by atoms with E-state index in [-0.39, 0.29) is 23.7 Å². The molecule has 7 nitrogen and oxygen atoms in total. The van der Waals surface area contributed by atoms with E-state index in [2.05, 4.69) is 5.32 Å². The standard InChI is InChI=1S/C21H21ClN2O5S2/c1-2-29-17-8-7-14(31(26,27)24-9-11-28-12-10-24)13-16(17)23-21(25)20-19(22)15-5-3-4-6-18(15)30-20/h3-8,13H,2,9-12H2,1H3,(H,23,25). The lowest BCUT2D eigenvalue weighted by atomic mass is 10.2. The van der Waals surface area contributed by atoms with E-state index < -0.39 is 15.9 Å². The molecule has 1 aliphatic heterocycles. The van der Waals surface area contributed by atoms with Crippen molar-refractivity contribution in [2.24, 2.45) is 0 Å². The number of benzene rings is 2. The van der Waals surface area contributed by atoms with Crippen LogP contribution in [0.3, 0.4) is 0 Å². The smallest absolute Gasteiger partial charge is 0.267 e. The van der Waals surface area contributed by atoms with Gasteiger partial charge >= 0.3 is 0 Å². The van der Waals surface area contributed by atoms with Gasteiger partial charge < -0.3 is 14.8 Å². The molecule has 2 heterocycles. The molecule has 1 saturated heterocycles. The lowest BCUT2D eigenvalue weighted by molar-refractivity contribution is 0.0730. The Balaban J connectivity index is 1.68. The first-order valence-electron chi connectivity index (χ1n) is 9.75. The number of hydrogen-bond donors (Lipinski definition) is 1. The summed E-state index contributed by atoms with van der Waals surface area (Å²) in [5, 5.41) is 3.95. The van der Waals surface area contributed by atoms with Crippen molar-refractivity contribution in [3.63, 3.8) is 0 Å². The zero-order valence-corrected chi connectivity index (χ0v) is 19.1. The molecule has 1 fully saturated rings. The highest BCUT2D eigenvalue weighted by Crippen LogP contribution is 2.36. The van der Waals surface area contributed by atoms with Crippen molar-refractivity contribution in [3.05, 3.63) is 52.4 Å². The van der Waals surface area contributed by atoms with Crippen molar-refractivity contribution in [1.82, 2.24) is 4.31 Å². The summed E-state index contributed by atoms with van der Waals surface area (Å²) in [6.45, 7) is 3.45. The Morgan fingerprint density at radius 2 is 1.97 bits per heavy atom. The third kappa shape index (κ3) is 4.42. The largest absolute Gasteiger partial charge is 0.492 e. The number of amides is 1. The Kier molecular flexibility index (Phi) is 6.49. The number of carbonyl (C=O) groups excluding carboxylic acids is 1. The minimum absolute atomic E-state index is 0.0793. The van der Waals surface area contributed by atoms with Crippen LogP contribution in [-0.2, 0) is 14.8 Å². The molecule has 0 spiro atoms. The van der Waals surface area contributed by atoms with Crippen molar-refractivity contribution in [2.75, 3.05) is 38.2 Å². The lowest BCUT2D eigenvalue weighted by Gasteiger charge is -2.26. The van der Waals surface area contributed by atoms with Crippen LogP contribution in [0.4, 0.5) is 5.69 Å². The molecule has 0 aliphatic carbocycles. The third-order valence-corrected chi connectivity index (χ3v) is 8.42. The summed E-state index contributed by atoms with van der Waals surface area (Å²) >= 11 is 7.71. The highest BCUT2D eigenvalue weighted by atomic mass is 35.5. The van der Waals surface area contributed by atoms with Crippen LogP contribution in [0.15, 0.2) is 47.4 Å². The second-order valence-electron chi connectivity index (χ2n) is 6.80. The van der Waals surface area contributed by atoms with Crippen LogP contribution in [-0.4, -0.2) is 51.5 Å². The number of hydrogen-bond acceptors (Lipinski definition) is 6. The summed E-state index contributed by atoms with van der Waals surface area (Å²) in [6, 6.07) is 11.9. The molecule has 0 atom stereocenters. The van der Waals surface area contributed by atoms with Gasteiger partial charge in [0.1, 0.15) is 10.6 Å². The number of morpholine rings is 1. The first kappa shape index (κ1) is 22.0. The van der Waals surface area contributed by atoms with E-state index in [9.17, 15) is 13.2 Å². The molecule has 1 N–H and O–H groups in total. The van der Waals surface area contributed by atoms with E-state index in [0.29, 0.717) is 35.5 Å². The third-order valence-electron chi connectivity index (χ3n) is 4.85. The highest BCUT2D eigenvalue weighted by molar-refractivity contribution is 7.89. The van der Waals surface area contributed by atoms with Gasteiger partial charge in [0.05, 0.1) is 35.4 Å². The number of ether oxygens (including phenoxy) is 2. The molecule has 0 bridgehead atoms. The zero-order chi connectivity index (χ0) is 22.0. The SMILES string of the molecule is CCOc1ccc(S(=O)(=O)N2CCOCC2)cc1NC(=O)c1sc2ccccc2c1Cl. The Hall–Kier alpha value is -2.17. The Labute approximate surface area is 189 Å². The number of nitrogens with one attached hydrogen (secondary N) is 1. The molecule has 1 amide bonds. The number of anilines is 1. The summed E-state index contributed by atoms with van der Waals surface area (Å²) < 4.78 is 39.2. The molecule has 2 aromatic carbocycles. The van der Waals surface area contributed by atoms with Crippen LogP contribution in [0.1, 0.15) is 16.6 Å². The van der Waals surface area contributed by atoms with E-state index in [1.165, 1.54) is 27.8 Å². The molecule has 1 aromatic heterocycles. The van der Waals surface area contributed by atoms with Crippen LogP contribution in [0.2, 0.25) is 5.02 Å². The van der Waals surface area contributed by atoms with Crippen molar-refractivity contribution in [1.29, 1.82) is 0 Å². The first-order valence-corrected chi connectivity index (χ1v) is 12.4. The minimum Gasteiger partial charge on any atom is -0.492 e. The summed E-state index contributed by atoms with van der Waals surface area (Å²) in [4.78, 5) is 13.4. The second kappa shape index (κ2) is 9.13. The Morgan fingerprint density at radius 3 is 2.68 bits per heavy atom. The number of rotatable bonds is 6. The maximum Gasteiger partial charge on any atom is 0.267 e. The van der Waals surface area contributed by atoms with Gasteiger partial charge in [-0.05, 0) is 31.2 Å². The number of thiophene rings is 1. The number of sulfonamides is 1. The van der Waals surface area contributed by atoms with Crippen molar-refractivity contribution in [2.45, 2.75) is 11.8 Å². The quantitative estimate of drug-likeness (QED) is 0.570. The van der Waals surface area contributed by atoms with Gasteiger partial charge in [-0.25, -0.2) is 8.42 Å². The summed E-state index contributed by atoms with van der Waals surface area (Å²) in [6.07, 6.45) is 0. The molecule has 0 radical (unpaired) electrons. The normalized spacial score (nSPS) is 15.2. The fourth-order valence-corrected chi connectivity index (χ4v) is 6.17. The van der Waals surface area contributed by atoms with Gasteiger partial charge in [-0.3, -0.25) is 4.79 Å². The average Bonchev–Trinajstić information content (AvgIpc) is 3.12. The second-order valence-corrected chi connectivity index (χ2v) is 10.2. The summed E-state index contributed by atoms with van der Waals surface area (Å²) in [7, 11) is -3.72. The molecule has 164 valence electrons. The van der Waals surface area contributed by atoms with E-state index in [0.717, 1.165) is 10.1 Å². The van der Waals surface area contributed by atoms with Crippen molar-refractivity contribution >= 4 is 54.6 Å². The molecule has 10 heteroatoms. The van der Waals surface area contributed by atoms with Gasteiger partial charge in [0.15, 0.2) is 0 Å². The monoisotopic (exact) mass is 480 g/mol. The van der Waals surface area contributed by atoms with Crippen LogP contribution in [0, 0.1) is 0 Å². The fraction of sp³-hybridized carbons (Fsp3) is 0.286. The molecular formula is C21H21ClN2O5S2. The van der Waals surface area contributed by atoms with Crippen molar-refractivity contribution < 1.29 is 22.7 Å². The maximum atomic E-state index is 13.0. The molecular weight excluding hydrogens is 460 g/mol. The minimum atomic E-state index is -3.72. The fourth-order valence-electron chi connectivity index (χ4n) is 3.32. The van der Waals surface area contributed by atoms with E-state index in [1.807, 2.05) is 31.2 Å². The van der Waals surface area contributed by atoms with Gasteiger partial charge in [-0.15, -0.1) is 11.3 Å². The van der Waals surface area contributed by atoms with Crippen LogP contribution in [0.5, 0.6) is 5.75 Å². The summed E-state index contributed by atoms with van der Waals surface area (Å²) in [5.41, 5.74) is 0.273. The topological polar surface area (TPSA) is 84.9 Å². The first-order chi connectivity index (χ1) is 14.9. The van der Waals surface area contributed by atoms with E-state index in [1.54, 1.807) is 6.07 Å².